The number of benzene rings is 1. The van der Waals surface area contributed by atoms with Crippen molar-refractivity contribution < 1.29 is 9.59 Å². The molecule has 1 aromatic heterocycles. The first-order chi connectivity index (χ1) is 14.9. The van der Waals surface area contributed by atoms with E-state index in [1.807, 2.05) is 49.7 Å². The Kier molecular flexibility index (Phi) is 7.55. The molecule has 0 bridgehead atoms. The summed E-state index contributed by atoms with van der Waals surface area (Å²) in [5.41, 5.74) is 2.87. The Balaban J connectivity index is 1.75. The fraction of sp³-hybridized carbons (Fsp3) is 0.458. The largest absolute Gasteiger partial charge is 0.354 e. The summed E-state index contributed by atoms with van der Waals surface area (Å²) in [4.78, 5) is 25.4. The van der Waals surface area contributed by atoms with Crippen LogP contribution in [0.2, 0.25) is 5.02 Å². The van der Waals surface area contributed by atoms with Crippen LogP contribution in [0.4, 0.5) is 0 Å². The second kappa shape index (κ2) is 10.1. The number of aromatic nitrogens is 2. The maximum Gasteiger partial charge on any atom is 0.245 e. The lowest BCUT2D eigenvalue weighted by Gasteiger charge is -2.36. The Hall–Kier alpha value is -2.60. The van der Waals surface area contributed by atoms with E-state index in [4.69, 9.17) is 11.6 Å². The van der Waals surface area contributed by atoms with Gasteiger partial charge in [-0.3, -0.25) is 14.3 Å². The van der Waals surface area contributed by atoms with Crippen LogP contribution in [0.1, 0.15) is 61.5 Å². The number of halogens is 1. The predicted octanol–water partition coefficient (Wildman–Crippen LogP) is 4.17. The summed E-state index contributed by atoms with van der Waals surface area (Å²) >= 11 is 6.29. The number of nitrogens with one attached hydrogen (secondary N) is 2. The van der Waals surface area contributed by atoms with E-state index >= 15 is 0 Å². The van der Waals surface area contributed by atoms with Crippen LogP contribution < -0.4 is 10.6 Å². The standard InChI is InChI=1S/C24H31ClN4O2/c1-4-26-23(31)24(14-8-5-9-15-24)27-22(30)13-12-20-17(2)28-29(18(20)3)16-19-10-6-7-11-21(19)25/h6-7,10-13H,4-5,8-9,14-16H2,1-3H3,(H,26,31)(H,27,30). The Labute approximate surface area is 189 Å². The minimum absolute atomic E-state index is 0.0867. The number of carbonyl (C=O) groups excluding carboxylic acids is 2. The zero-order valence-corrected chi connectivity index (χ0v) is 19.3. The molecular formula is C24H31ClN4O2. The Morgan fingerprint density at radius 3 is 2.58 bits per heavy atom. The molecule has 1 saturated carbocycles. The average molecular weight is 443 g/mol. The van der Waals surface area contributed by atoms with Gasteiger partial charge in [0.15, 0.2) is 0 Å². The first-order valence-electron chi connectivity index (χ1n) is 10.9. The molecule has 2 amide bonds. The normalized spacial score (nSPS) is 15.7. The molecule has 2 N–H and O–H groups in total. The maximum atomic E-state index is 12.7. The van der Waals surface area contributed by atoms with Gasteiger partial charge in [0.25, 0.3) is 0 Å². The van der Waals surface area contributed by atoms with Gasteiger partial charge in [-0.05, 0) is 51.3 Å². The lowest BCUT2D eigenvalue weighted by molar-refractivity contribution is -0.133. The van der Waals surface area contributed by atoms with Crippen molar-refractivity contribution in [3.05, 3.63) is 57.9 Å². The van der Waals surface area contributed by atoms with Crippen LogP contribution in [0.15, 0.2) is 30.3 Å². The summed E-state index contributed by atoms with van der Waals surface area (Å²) in [5.74, 6) is -0.345. The van der Waals surface area contributed by atoms with Crippen LogP contribution in [0.5, 0.6) is 0 Å². The zero-order chi connectivity index (χ0) is 22.4. The van der Waals surface area contributed by atoms with E-state index < -0.39 is 5.54 Å². The van der Waals surface area contributed by atoms with Crippen molar-refractivity contribution in [3.63, 3.8) is 0 Å². The molecule has 0 atom stereocenters. The Morgan fingerprint density at radius 2 is 1.90 bits per heavy atom. The van der Waals surface area contributed by atoms with E-state index in [0.717, 1.165) is 41.8 Å². The van der Waals surface area contributed by atoms with Crippen molar-refractivity contribution in [3.8, 4) is 0 Å². The minimum Gasteiger partial charge on any atom is -0.354 e. The third-order valence-corrected chi connectivity index (χ3v) is 6.33. The van der Waals surface area contributed by atoms with Crippen molar-refractivity contribution >= 4 is 29.5 Å². The summed E-state index contributed by atoms with van der Waals surface area (Å²) in [6.45, 7) is 6.90. The summed E-state index contributed by atoms with van der Waals surface area (Å²) in [6, 6.07) is 7.70. The SMILES string of the molecule is CCNC(=O)C1(NC(=O)C=Cc2c(C)nn(Cc3ccccc3Cl)c2C)CCCCC1. The van der Waals surface area contributed by atoms with Crippen LogP contribution in [0, 0.1) is 13.8 Å². The predicted molar refractivity (Wildman–Crippen MR) is 124 cm³/mol. The van der Waals surface area contributed by atoms with Gasteiger partial charge in [0.2, 0.25) is 11.8 Å². The molecule has 0 saturated heterocycles. The van der Waals surface area contributed by atoms with E-state index in [2.05, 4.69) is 15.7 Å². The molecule has 1 aliphatic carbocycles. The molecule has 0 spiro atoms. The number of hydrogen-bond acceptors (Lipinski definition) is 3. The van der Waals surface area contributed by atoms with Gasteiger partial charge in [0.05, 0.1) is 12.2 Å². The number of likely N-dealkylation sites (N-methyl/N-ethyl adjacent to an activating group) is 1. The van der Waals surface area contributed by atoms with Gasteiger partial charge < -0.3 is 10.6 Å². The first-order valence-corrected chi connectivity index (χ1v) is 11.3. The molecule has 31 heavy (non-hydrogen) atoms. The van der Waals surface area contributed by atoms with Crippen molar-refractivity contribution in [2.75, 3.05) is 6.54 Å². The molecule has 2 aromatic rings. The number of hydrogen-bond donors (Lipinski definition) is 2. The third kappa shape index (κ3) is 5.37. The molecular weight excluding hydrogens is 412 g/mol. The molecule has 7 heteroatoms. The second-order valence-corrected chi connectivity index (χ2v) is 8.57. The summed E-state index contributed by atoms with van der Waals surface area (Å²) < 4.78 is 1.89. The summed E-state index contributed by atoms with van der Waals surface area (Å²) in [7, 11) is 0. The lowest BCUT2D eigenvalue weighted by Crippen LogP contribution is -2.59. The van der Waals surface area contributed by atoms with Crippen LogP contribution in [-0.2, 0) is 16.1 Å². The van der Waals surface area contributed by atoms with Crippen LogP contribution in [0.25, 0.3) is 6.08 Å². The summed E-state index contributed by atoms with van der Waals surface area (Å²) in [5, 5.41) is 11.2. The second-order valence-electron chi connectivity index (χ2n) is 8.16. The molecule has 0 radical (unpaired) electrons. The Morgan fingerprint density at radius 1 is 1.19 bits per heavy atom. The number of aryl methyl sites for hydroxylation is 1. The van der Waals surface area contributed by atoms with E-state index in [1.54, 1.807) is 6.08 Å². The highest BCUT2D eigenvalue weighted by Crippen LogP contribution is 2.28. The van der Waals surface area contributed by atoms with E-state index in [0.29, 0.717) is 31.0 Å². The molecule has 1 aliphatic rings. The maximum absolute atomic E-state index is 12.7. The molecule has 166 valence electrons. The van der Waals surface area contributed by atoms with Gasteiger partial charge in [-0.15, -0.1) is 0 Å². The van der Waals surface area contributed by atoms with Gasteiger partial charge in [-0.25, -0.2) is 0 Å². The highest BCUT2D eigenvalue weighted by molar-refractivity contribution is 6.31. The molecule has 1 heterocycles. The molecule has 0 unspecified atom stereocenters. The topological polar surface area (TPSA) is 76.0 Å². The monoisotopic (exact) mass is 442 g/mol. The zero-order valence-electron chi connectivity index (χ0n) is 18.5. The van der Waals surface area contributed by atoms with Crippen molar-refractivity contribution in [2.45, 2.75) is 65.0 Å². The quantitative estimate of drug-likeness (QED) is 0.632. The minimum atomic E-state index is -0.811. The lowest BCUT2D eigenvalue weighted by atomic mass is 9.80. The van der Waals surface area contributed by atoms with Crippen LogP contribution in [-0.4, -0.2) is 33.7 Å². The van der Waals surface area contributed by atoms with Gasteiger partial charge in [0.1, 0.15) is 5.54 Å². The van der Waals surface area contributed by atoms with Crippen LogP contribution >= 0.6 is 11.6 Å². The fourth-order valence-electron chi connectivity index (χ4n) is 4.22. The highest BCUT2D eigenvalue weighted by atomic mass is 35.5. The highest BCUT2D eigenvalue weighted by Gasteiger charge is 2.40. The first kappa shape index (κ1) is 23.1. The molecule has 0 aliphatic heterocycles. The van der Waals surface area contributed by atoms with E-state index in [1.165, 1.54) is 6.08 Å². The smallest absolute Gasteiger partial charge is 0.245 e. The Bertz CT molecular complexity index is 974. The van der Waals surface area contributed by atoms with Crippen LogP contribution in [0.3, 0.4) is 0 Å². The molecule has 3 rings (SSSR count). The van der Waals surface area contributed by atoms with Gasteiger partial charge in [0, 0.05) is 28.9 Å². The molecule has 1 aromatic carbocycles. The average Bonchev–Trinajstić information content (AvgIpc) is 3.01. The van der Waals surface area contributed by atoms with Crippen molar-refractivity contribution in [1.29, 1.82) is 0 Å². The fourth-order valence-corrected chi connectivity index (χ4v) is 4.42. The molecule has 6 nitrogen and oxygen atoms in total. The third-order valence-electron chi connectivity index (χ3n) is 5.96. The summed E-state index contributed by atoms with van der Waals surface area (Å²) in [6.07, 6.45) is 7.60. The number of nitrogens with zero attached hydrogens (tertiary/aromatic N) is 2. The number of rotatable bonds is 7. The van der Waals surface area contributed by atoms with Gasteiger partial charge in [-0.1, -0.05) is 49.1 Å². The van der Waals surface area contributed by atoms with E-state index in [-0.39, 0.29) is 11.8 Å². The van der Waals surface area contributed by atoms with Gasteiger partial charge >= 0.3 is 0 Å². The van der Waals surface area contributed by atoms with Crippen molar-refractivity contribution in [2.24, 2.45) is 0 Å². The molecule has 1 fully saturated rings. The number of amides is 2. The van der Waals surface area contributed by atoms with Gasteiger partial charge in [-0.2, -0.15) is 5.10 Å². The van der Waals surface area contributed by atoms with Crippen molar-refractivity contribution in [1.82, 2.24) is 20.4 Å². The number of carbonyl (C=O) groups is 2. The van der Waals surface area contributed by atoms with E-state index in [9.17, 15) is 9.59 Å².